The molecule has 0 radical (unpaired) electrons. The number of benzene rings is 1. The van der Waals surface area contributed by atoms with Crippen LogP contribution in [-0.4, -0.2) is 24.2 Å². The maximum Gasteiger partial charge on any atom is 0.195 e. The van der Waals surface area contributed by atoms with Crippen LogP contribution < -0.4 is 10.1 Å². The molecular formula is C17H22N2O. The number of ether oxygens (including phenoxy) is 1. The molecule has 1 fully saturated rings. The van der Waals surface area contributed by atoms with E-state index >= 15 is 0 Å². The van der Waals surface area contributed by atoms with Gasteiger partial charge in [-0.15, -0.1) is 0 Å². The van der Waals surface area contributed by atoms with Gasteiger partial charge in [0.15, 0.2) is 5.88 Å². The first-order chi connectivity index (χ1) is 9.88. The van der Waals surface area contributed by atoms with Crippen molar-refractivity contribution in [3.8, 4) is 5.88 Å². The first-order valence-corrected chi connectivity index (χ1v) is 7.88. The Bertz CT molecular complexity index is 631. The van der Waals surface area contributed by atoms with Crippen molar-refractivity contribution in [2.45, 2.75) is 44.6 Å². The van der Waals surface area contributed by atoms with E-state index in [9.17, 15) is 0 Å². The minimum absolute atomic E-state index is 0.585. The van der Waals surface area contributed by atoms with Crippen molar-refractivity contribution >= 4 is 10.9 Å². The van der Waals surface area contributed by atoms with E-state index in [1.54, 1.807) is 0 Å². The number of nitrogens with one attached hydrogen (secondary N) is 2. The highest BCUT2D eigenvalue weighted by atomic mass is 16.5. The van der Waals surface area contributed by atoms with E-state index in [1.165, 1.54) is 34.9 Å². The van der Waals surface area contributed by atoms with Gasteiger partial charge in [0, 0.05) is 28.4 Å². The monoisotopic (exact) mass is 270 g/mol. The zero-order valence-corrected chi connectivity index (χ0v) is 12.0. The molecule has 106 valence electrons. The number of aromatic nitrogens is 1. The van der Waals surface area contributed by atoms with E-state index in [-0.39, 0.29) is 0 Å². The van der Waals surface area contributed by atoms with Crippen LogP contribution in [0.25, 0.3) is 10.9 Å². The van der Waals surface area contributed by atoms with Crippen molar-refractivity contribution < 1.29 is 4.74 Å². The van der Waals surface area contributed by atoms with Crippen LogP contribution in [-0.2, 0) is 6.42 Å². The van der Waals surface area contributed by atoms with E-state index < -0.39 is 0 Å². The summed E-state index contributed by atoms with van der Waals surface area (Å²) in [6.07, 6.45) is 4.75. The van der Waals surface area contributed by atoms with Crippen LogP contribution in [0.15, 0.2) is 18.2 Å². The third-order valence-electron chi connectivity index (χ3n) is 4.78. The van der Waals surface area contributed by atoms with Crippen LogP contribution in [0.4, 0.5) is 0 Å². The molecule has 0 saturated carbocycles. The first-order valence-electron chi connectivity index (χ1n) is 7.88. The Labute approximate surface area is 119 Å². The van der Waals surface area contributed by atoms with Crippen LogP contribution >= 0.6 is 0 Å². The molecule has 1 aromatic heterocycles. The van der Waals surface area contributed by atoms with Crippen molar-refractivity contribution in [3.63, 3.8) is 0 Å². The zero-order chi connectivity index (χ0) is 13.5. The highest BCUT2D eigenvalue weighted by Crippen LogP contribution is 2.43. The third-order valence-corrected chi connectivity index (χ3v) is 4.78. The summed E-state index contributed by atoms with van der Waals surface area (Å²) in [7, 11) is 0. The SMILES string of the molecule is CCCOc1[nH]c2cccc3c2c1C[C@H]1NCCCC31. The summed E-state index contributed by atoms with van der Waals surface area (Å²) in [5.41, 5.74) is 4.15. The lowest BCUT2D eigenvalue weighted by Gasteiger charge is -2.36. The molecule has 20 heavy (non-hydrogen) atoms. The molecule has 1 aromatic carbocycles. The van der Waals surface area contributed by atoms with E-state index in [0.717, 1.165) is 31.9 Å². The largest absolute Gasteiger partial charge is 0.479 e. The fraction of sp³-hybridized carbons (Fsp3) is 0.529. The van der Waals surface area contributed by atoms with Crippen molar-refractivity contribution in [3.05, 3.63) is 29.3 Å². The third kappa shape index (κ3) is 1.76. The van der Waals surface area contributed by atoms with Gasteiger partial charge in [-0.2, -0.15) is 0 Å². The maximum absolute atomic E-state index is 5.95. The number of piperidine rings is 1. The smallest absolute Gasteiger partial charge is 0.195 e. The normalized spacial score (nSPS) is 24.6. The minimum atomic E-state index is 0.585. The molecule has 4 rings (SSSR count). The Kier molecular flexibility index (Phi) is 2.95. The molecule has 1 aliphatic heterocycles. The number of H-pyrrole nitrogens is 1. The first kappa shape index (κ1) is 12.3. The lowest BCUT2D eigenvalue weighted by atomic mass is 9.76. The summed E-state index contributed by atoms with van der Waals surface area (Å²) in [6.45, 7) is 4.09. The van der Waals surface area contributed by atoms with Crippen LogP contribution in [0.2, 0.25) is 0 Å². The van der Waals surface area contributed by atoms with Crippen LogP contribution in [0, 0.1) is 0 Å². The quantitative estimate of drug-likeness (QED) is 0.897. The van der Waals surface area contributed by atoms with Gasteiger partial charge < -0.3 is 15.0 Å². The average Bonchev–Trinajstić information content (AvgIpc) is 2.85. The summed E-state index contributed by atoms with van der Waals surface area (Å²) in [4.78, 5) is 3.49. The summed E-state index contributed by atoms with van der Waals surface area (Å²) < 4.78 is 5.95. The fourth-order valence-corrected chi connectivity index (χ4v) is 3.91. The molecule has 0 spiro atoms. The Morgan fingerprint density at radius 3 is 3.20 bits per heavy atom. The van der Waals surface area contributed by atoms with Crippen molar-refractivity contribution in [2.24, 2.45) is 0 Å². The molecule has 0 bridgehead atoms. The molecule has 2 aliphatic rings. The predicted octanol–water partition coefficient (Wildman–Crippen LogP) is 3.35. The number of hydrogen-bond acceptors (Lipinski definition) is 2. The summed E-state index contributed by atoms with van der Waals surface area (Å²) in [5, 5.41) is 5.14. The topological polar surface area (TPSA) is 37.0 Å². The molecule has 2 atom stereocenters. The highest BCUT2D eigenvalue weighted by Gasteiger charge is 2.34. The Morgan fingerprint density at radius 1 is 1.35 bits per heavy atom. The second-order valence-corrected chi connectivity index (χ2v) is 6.06. The Morgan fingerprint density at radius 2 is 2.30 bits per heavy atom. The van der Waals surface area contributed by atoms with Crippen LogP contribution in [0.5, 0.6) is 5.88 Å². The second kappa shape index (κ2) is 4.81. The van der Waals surface area contributed by atoms with Crippen molar-refractivity contribution in [1.29, 1.82) is 0 Å². The average molecular weight is 270 g/mol. The number of fused-ring (bicyclic) bond motifs is 2. The van der Waals surface area contributed by atoms with Gasteiger partial charge in [-0.1, -0.05) is 19.1 Å². The summed E-state index contributed by atoms with van der Waals surface area (Å²) >= 11 is 0. The van der Waals surface area contributed by atoms with Crippen molar-refractivity contribution in [1.82, 2.24) is 10.3 Å². The van der Waals surface area contributed by atoms with Crippen LogP contribution in [0.3, 0.4) is 0 Å². The van der Waals surface area contributed by atoms with Gasteiger partial charge in [0.2, 0.25) is 0 Å². The van der Waals surface area contributed by atoms with Gasteiger partial charge >= 0.3 is 0 Å². The number of aromatic amines is 1. The molecule has 3 heteroatoms. The lowest BCUT2D eigenvalue weighted by Crippen LogP contribution is -2.43. The Balaban J connectivity index is 1.85. The fourth-order valence-electron chi connectivity index (χ4n) is 3.91. The highest BCUT2D eigenvalue weighted by molar-refractivity contribution is 5.90. The number of rotatable bonds is 3. The summed E-state index contributed by atoms with van der Waals surface area (Å²) in [5.74, 6) is 1.68. The van der Waals surface area contributed by atoms with Gasteiger partial charge in [-0.25, -0.2) is 0 Å². The van der Waals surface area contributed by atoms with E-state index in [1.807, 2.05) is 0 Å². The molecule has 1 unspecified atom stereocenters. The minimum Gasteiger partial charge on any atom is -0.479 e. The van der Waals surface area contributed by atoms with Crippen LogP contribution in [0.1, 0.15) is 43.2 Å². The lowest BCUT2D eigenvalue weighted by molar-refractivity contribution is 0.297. The maximum atomic E-state index is 5.95. The molecular weight excluding hydrogens is 248 g/mol. The summed E-state index contributed by atoms with van der Waals surface area (Å²) in [6, 6.07) is 7.25. The molecule has 1 aliphatic carbocycles. The van der Waals surface area contributed by atoms with Gasteiger partial charge in [0.1, 0.15) is 0 Å². The van der Waals surface area contributed by atoms with E-state index in [0.29, 0.717) is 12.0 Å². The molecule has 0 amide bonds. The molecule has 2 N–H and O–H groups in total. The standard InChI is InChI=1S/C17H22N2O/c1-2-9-20-17-13-10-15-11(6-4-8-18-15)12-5-3-7-14(19-17)16(12)13/h3,5,7,11,15,18-19H,2,4,6,8-10H2,1H3/t11?,15-/m1/s1. The van der Waals surface area contributed by atoms with Gasteiger partial charge in [-0.05, 0) is 43.9 Å². The predicted molar refractivity (Wildman–Crippen MR) is 81.6 cm³/mol. The zero-order valence-electron chi connectivity index (χ0n) is 12.0. The molecule has 2 heterocycles. The molecule has 2 aromatic rings. The van der Waals surface area contributed by atoms with Crippen molar-refractivity contribution in [2.75, 3.05) is 13.2 Å². The van der Waals surface area contributed by atoms with Gasteiger partial charge in [0.05, 0.1) is 6.61 Å². The molecule has 3 nitrogen and oxygen atoms in total. The molecule has 1 saturated heterocycles. The van der Waals surface area contributed by atoms with E-state index in [2.05, 4.69) is 35.4 Å². The second-order valence-electron chi connectivity index (χ2n) is 6.06. The van der Waals surface area contributed by atoms with Gasteiger partial charge in [-0.3, -0.25) is 0 Å². The number of hydrogen-bond donors (Lipinski definition) is 2. The van der Waals surface area contributed by atoms with Gasteiger partial charge in [0.25, 0.3) is 0 Å². The Hall–Kier alpha value is -1.48. The van der Waals surface area contributed by atoms with E-state index in [4.69, 9.17) is 4.74 Å².